The highest BCUT2D eigenvalue weighted by Gasteiger charge is 2.38. The Hall–Kier alpha value is -8.64. The number of carbonyl (C=O) groups excluding carboxylic acids is 14. The predicted octanol–water partition coefficient (Wildman–Crippen LogP) is -10.5. The summed E-state index contributed by atoms with van der Waals surface area (Å²) in [7, 11) is 0. The van der Waals surface area contributed by atoms with Crippen molar-refractivity contribution in [1.82, 2.24) is 53.2 Å². The van der Waals surface area contributed by atoms with Crippen LogP contribution in [0.5, 0.6) is 0 Å². The summed E-state index contributed by atoms with van der Waals surface area (Å²) in [6, 6.07) is -19.1. The van der Waals surface area contributed by atoms with E-state index >= 15 is 0 Å². The number of carbonyl (C=O) groups is 16. The van der Waals surface area contributed by atoms with E-state index in [1.165, 1.54) is 13.8 Å². The summed E-state index contributed by atoms with van der Waals surface area (Å²) in [6.07, 6.45) is -5.14. The van der Waals surface area contributed by atoms with E-state index in [9.17, 15) is 102 Å². The molecule has 0 unspecified atom stereocenters. The van der Waals surface area contributed by atoms with Crippen molar-refractivity contribution in [3.05, 3.63) is 0 Å². The molecule has 12 atom stereocenters. The molecule has 0 rings (SSSR count). The molecule has 25 N–H and O–H groups in total. The van der Waals surface area contributed by atoms with Crippen LogP contribution in [0.2, 0.25) is 0 Å². The van der Waals surface area contributed by atoms with E-state index in [-0.39, 0.29) is 31.6 Å². The molecule has 0 bridgehead atoms. The summed E-state index contributed by atoms with van der Waals surface area (Å²) in [4.78, 5) is 204. The second kappa shape index (κ2) is 37.4. The number of aliphatic carboxylic acids is 2. The average molecular weight is 1190 g/mol. The molecule has 36 heteroatoms. The Labute approximate surface area is 474 Å². The maximum Gasteiger partial charge on any atom is 0.328 e. The zero-order valence-electron chi connectivity index (χ0n) is 46.4. The molecule has 0 heterocycles. The van der Waals surface area contributed by atoms with Gasteiger partial charge in [-0.05, 0) is 44.4 Å². The van der Waals surface area contributed by atoms with E-state index < -0.39 is 225 Å². The van der Waals surface area contributed by atoms with Crippen LogP contribution in [0.15, 0.2) is 0 Å². The van der Waals surface area contributed by atoms with Crippen LogP contribution in [0.25, 0.3) is 0 Å². The normalized spacial score (nSPS) is 15.3. The molecule has 0 aliphatic heterocycles. The van der Waals surface area contributed by atoms with Crippen molar-refractivity contribution in [2.24, 2.45) is 40.5 Å². The van der Waals surface area contributed by atoms with Gasteiger partial charge < -0.3 is 107 Å². The number of amides is 14. The molecule has 0 saturated heterocycles. The molecule has 0 spiro atoms. The van der Waals surface area contributed by atoms with Crippen molar-refractivity contribution in [2.75, 3.05) is 19.8 Å². The highest BCUT2D eigenvalue weighted by Crippen LogP contribution is 2.12. The van der Waals surface area contributed by atoms with Crippen molar-refractivity contribution in [3.8, 4) is 0 Å². The molecule has 0 aliphatic rings. The molecule has 468 valence electrons. The first kappa shape index (κ1) is 74.4. The van der Waals surface area contributed by atoms with Crippen LogP contribution >= 0.6 is 0 Å². The lowest BCUT2D eigenvalue weighted by molar-refractivity contribution is -0.143. The van der Waals surface area contributed by atoms with Crippen LogP contribution in [0.4, 0.5) is 0 Å². The van der Waals surface area contributed by atoms with Crippen molar-refractivity contribution < 1.29 is 102 Å². The van der Waals surface area contributed by atoms with Gasteiger partial charge in [-0.1, -0.05) is 34.1 Å². The van der Waals surface area contributed by atoms with Crippen LogP contribution in [0, 0.1) is 11.8 Å². The lowest BCUT2D eigenvalue weighted by Gasteiger charge is -2.29. The van der Waals surface area contributed by atoms with Gasteiger partial charge in [-0.15, -0.1) is 0 Å². The number of primary amides is 4. The van der Waals surface area contributed by atoms with Gasteiger partial charge in [0.15, 0.2) is 0 Å². The first-order chi connectivity index (χ1) is 38.6. The van der Waals surface area contributed by atoms with Gasteiger partial charge in [-0.25, -0.2) is 4.79 Å². The van der Waals surface area contributed by atoms with Crippen LogP contribution in [-0.2, 0) is 76.7 Å². The molecule has 0 aliphatic carbocycles. The predicted molar refractivity (Wildman–Crippen MR) is 282 cm³/mol. The summed E-state index contributed by atoms with van der Waals surface area (Å²) in [6.45, 7) is 4.06. The fourth-order valence-electron chi connectivity index (χ4n) is 7.15. The fourth-order valence-corrected chi connectivity index (χ4v) is 7.15. The molecule has 0 aromatic rings. The lowest BCUT2D eigenvalue weighted by Crippen LogP contribution is -2.62. The second-order valence-electron chi connectivity index (χ2n) is 19.5. The van der Waals surface area contributed by atoms with Gasteiger partial charge in [0.25, 0.3) is 0 Å². The SMILES string of the molecule is CC[C@H](C)[C@H](NC(=O)[C@H](CO)NC(=O)[C@H](CCC(N)=O)NC(=O)[C@H](CO)NC(=O)[C@H](C)NC(=O)[C@@H](N)CCC(N)=O)C(=O)N[C@@H](CC(N)=O)C(=O)N[C@@H](CC(N)=O)C(=O)N[C@@H](CCC(=O)O)C(=O)N[C@@H](CC(C)C)C(=O)N[C@@H](CO)C(=O)O. The number of aliphatic hydroxyl groups is 3. The van der Waals surface area contributed by atoms with E-state index in [0.717, 1.165) is 0 Å². The molecular weight excluding hydrogens is 1110 g/mol. The van der Waals surface area contributed by atoms with E-state index in [1.807, 2.05) is 5.32 Å². The molecule has 0 saturated carbocycles. The smallest absolute Gasteiger partial charge is 0.328 e. The van der Waals surface area contributed by atoms with Crippen LogP contribution in [0.1, 0.15) is 98.8 Å². The van der Waals surface area contributed by atoms with Gasteiger partial charge in [0.2, 0.25) is 82.7 Å². The van der Waals surface area contributed by atoms with Crippen LogP contribution < -0.4 is 81.8 Å². The molecule has 36 nitrogen and oxygen atoms in total. The highest BCUT2D eigenvalue weighted by atomic mass is 16.4. The minimum atomic E-state index is -2.05. The van der Waals surface area contributed by atoms with Crippen molar-refractivity contribution in [3.63, 3.8) is 0 Å². The number of rotatable bonds is 41. The van der Waals surface area contributed by atoms with Crippen LogP contribution in [-0.4, -0.2) is 206 Å². The summed E-state index contributed by atoms with van der Waals surface area (Å²) >= 11 is 0. The van der Waals surface area contributed by atoms with Crippen LogP contribution in [0.3, 0.4) is 0 Å². The van der Waals surface area contributed by atoms with Crippen molar-refractivity contribution in [2.45, 2.75) is 165 Å². The Morgan fingerprint density at radius 1 is 0.386 bits per heavy atom. The third kappa shape index (κ3) is 28.6. The summed E-state index contributed by atoms with van der Waals surface area (Å²) in [5, 5.41) is 70.0. The first-order valence-corrected chi connectivity index (χ1v) is 25.8. The topological polar surface area (TPSA) is 625 Å². The molecule has 0 aromatic carbocycles. The van der Waals surface area contributed by atoms with E-state index in [0.29, 0.717) is 0 Å². The van der Waals surface area contributed by atoms with Gasteiger partial charge in [-0.2, -0.15) is 0 Å². The lowest BCUT2D eigenvalue weighted by atomic mass is 9.97. The van der Waals surface area contributed by atoms with E-state index in [2.05, 4.69) is 47.9 Å². The number of carboxylic acid groups (broad SMARTS) is 2. The fraction of sp³-hybridized carbons (Fsp3) is 0.660. The maximum atomic E-state index is 14.0. The molecular formula is C47H79N15O21. The molecule has 0 radical (unpaired) electrons. The van der Waals surface area contributed by atoms with Crippen molar-refractivity contribution >= 4 is 94.6 Å². The summed E-state index contributed by atoms with van der Waals surface area (Å²) in [5.74, 6) is -20.5. The third-order valence-electron chi connectivity index (χ3n) is 12.0. The number of carboxylic acids is 2. The molecule has 83 heavy (non-hydrogen) atoms. The Morgan fingerprint density at radius 3 is 1.14 bits per heavy atom. The van der Waals surface area contributed by atoms with Gasteiger partial charge >= 0.3 is 11.9 Å². The third-order valence-corrected chi connectivity index (χ3v) is 12.0. The Kier molecular flexibility index (Phi) is 33.5. The number of nitrogens with two attached hydrogens (primary N) is 5. The standard InChI is InChI=1S/C47H79N15O21/c1-6-20(4)36(62-45(80)29(17-64)60-40(75)23(8-11-32(50)67)55-44(79)28(16-63)59-37(72)21(5)53-38(73)22(48)7-10-31(49)66)46(81)58-27(15-34(52)69)43(78)57-26(14-33(51)68)42(77)54-24(9-12-35(70)71)39(74)56-25(13-19(2)3)41(76)61-30(18-65)47(82)83/h19-30,36,63-65H,6-18,48H2,1-5H3,(H2,49,66)(H2,50,67)(H2,51,68)(H2,52,69)(H,53,73)(H,54,77)(H,55,79)(H,56,74)(H,57,78)(H,58,81)(H,59,72)(H,60,75)(H,61,76)(H,62,80)(H,70,71)(H,82,83)/t20-,21-,22-,23-,24-,25-,26-,27-,28-,29-,30-,36-/m0/s1. The first-order valence-electron chi connectivity index (χ1n) is 25.8. The second-order valence-corrected chi connectivity index (χ2v) is 19.5. The quantitative estimate of drug-likeness (QED) is 0.0270. The average Bonchev–Trinajstić information content (AvgIpc) is 3.43. The van der Waals surface area contributed by atoms with Gasteiger partial charge in [-0.3, -0.25) is 71.9 Å². The number of hydrogen-bond acceptors (Lipinski definition) is 20. The molecule has 0 aromatic heterocycles. The summed E-state index contributed by atoms with van der Waals surface area (Å²) < 4.78 is 0. The highest BCUT2D eigenvalue weighted by molar-refractivity contribution is 6.01. The van der Waals surface area contributed by atoms with E-state index in [1.54, 1.807) is 20.8 Å². The minimum absolute atomic E-state index is 0.0898. The molecule has 0 fully saturated rings. The van der Waals surface area contributed by atoms with E-state index in [4.69, 9.17) is 28.7 Å². The van der Waals surface area contributed by atoms with Gasteiger partial charge in [0.1, 0.15) is 60.4 Å². The monoisotopic (exact) mass is 1190 g/mol. The molecule has 14 amide bonds. The van der Waals surface area contributed by atoms with Crippen molar-refractivity contribution in [1.29, 1.82) is 0 Å². The Balaban J connectivity index is 6.63. The zero-order valence-corrected chi connectivity index (χ0v) is 46.4. The zero-order chi connectivity index (χ0) is 64.0. The minimum Gasteiger partial charge on any atom is -0.481 e. The largest absolute Gasteiger partial charge is 0.481 e. The van der Waals surface area contributed by atoms with Gasteiger partial charge in [0.05, 0.1) is 38.7 Å². The summed E-state index contributed by atoms with van der Waals surface area (Å²) in [5.41, 5.74) is 26.7. The number of hydrogen-bond donors (Lipinski definition) is 20. The van der Waals surface area contributed by atoms with Gasteiger partial charge in [0, 0.05) is 19.3 Å². The number of aliphatic hydroxyl groups excluding tert-OH is 3. The Bertz CT molecular complexity index is 2360. The number of nitrogens with one attached hydrogen (secondary N) is 10. The maximum absolute atomic E-state index is 14.0. The Morgan fingerprint density at radius 2 is 0.735 bits per heavy atom.